The summed E-state index contributed by atoms with van der Waals surface area (Å²) in [6, 6.07) is 0. The van der Waals surface area contributed by atoms with E-state index in [1.807, 2.05) is 0 Å². The van der Waals surface area contributed by atoms with Crippen LogP contribution in [0.25, 0.3) is 0 Å². The molecule has 0 spiro atoms. The Labute approximate surface area is 94.0 Å². The predicted molar refractivity (Wildman–Crippen MR) is 61.1 cm³/mol. The second kappa shape index (κ2) is 6.95. The van der Waals surface area contributed by atoms with Crippen LogP contribution < -0.4 is 11.5 Å². The second-order valence-electron chi connectivity index (χ2n) is 3.58. The van der Waals surface area contributed by atoms with Crippen LogP contribution in [0, 0.1) is 0 Å². The largest absolute Gasteiger partial charge is 0.480 e. The number of carboxylic acid groups (broad SMARTS) is 1. The fourth-order valence-electron chi connectivity index (χ4n) is 0.926. The van der Waals surface area contributed by atoms with E-state index in [0.29, 0.717) is 18.8 Å². The number of aliphatic carboxylic acids is 1. The molecule has 0 aliphatic heterocycles. The Kier molecular flexibility index (Phi) is 6.32. The van der Waals surface area contributed by atoms with E-state index in [2.05, 4.69) is 4.99 Å². The highest BCUT2D eigenvalue weighted by Gasteiger charge is 2.32. The number of amidine groups is 1. The molecule has 0 unspecified atom stereocenters. The third-order valence-corrected chi connectivity index (χ3v) is 1.97. The summed E-state index contributed by atoms with van der Waals surface area (Å²) in [4.78, 5) is 14.6. The molecular formula is C10H18FN3O2. The van der Waals surface area contributed by atoms with Gasteiger partial charge in [-0.1, -0.05) is 12.2 Å². The van der Waals surface area contributed by atoms with E-state index < -0.39 is 18.2 Å². The SMILES string of the molecule is CC(N)=NCCC=CC[C@@](N)(CF)C(=O)O. The van der Waals surface area contributed by atoms with Crippen molar-refractivity contribution < 1.29 is 14.3 Å². The van der Waals surface area contributed by atoms with Gasteiger partial charge in [0, 0.05) is 6.54 Å². The lowest BCUT2D eigenvalue weighted by molar-refractivity contribution is -0.143. The van der Waals surface area contributed by atoms with E-state index in [1.54, 1.807) is 19.1 Å². The summed E-state index contributed by atoms with van der Waals surface area (Å²) in [7, 11) is 0. The van der Waals surface area contributed by atoms with Crippen molar-refractivity contribution in [2.75, 3.05) is 13.2 Å². The molecule has 0 aromatic rings. The first-order valence-corrected chi connectivity index (χ1v) is 4.92. The molecule has 0 radical (unpaired) electrons. The van der Waals surface area contributed by atoms with Crippen molar-refractivity contribution in [3.63, 3.8) is 0 Å². The van der Waals surface area contributed by atoms with Gasteiger partial charge in [0.25, 0.3) is 0 Å². The molecule has 0 rings (SSSR count). The Bertz CT molecular complexity index is 288. The maximum Gasteiger partial charge on any atom is 0.326 e. The highest BCUT2D eigenvalue weighted by atomic mass is 19.1. The summed E-state index contributed by atoms with van der Waals surface area (Å²) in [5, 5.41) is 8.67. The first-order valence-electron chi connectivity index (χ1n) is 4.92. The minimum Gasteiger partial charge on any atom is -0.480 e. The maximum absolute atomic E-state index is 12.4. The highest BCUT2D eigenvalue weighted by molar-refractivity contribution is 5.79. The summed E-state index contributed by atoms with van der Waals surface area (Å²) in [6.45, 7) is 1.12. The number of rotatable bonds is 7. The molecule has 16 heavy (non-hydrogen) atoms. The van der Waals surface area contributed by atoms with E-state index in [-0.39, 0.29) is 6.42 Å². The van der Waals surface area contributed by atoms with Crippen LogP contribution in [-0.4, -0.2) is 35.7 Å². The van der Waals surface area contributed by atoms with Gasteiger partial charge in [-0.25, -0.2) is 4.39 Å². The molecule has 5 N–H and O–H groups in total. The number of carbonyl (C=O) groups is 1. The highest BCUT2D eigenvalue weighted by Crippen LogP contribution is 2.09. The van der Waals surface area contributed by atoms with E-state index in [9.17, 15) is 9.18 Å². The first kappa shape index (κ1) is 14.6. The number of nitrogens with two attached hydrogens (primary N) is 2. The van der Waals surface area contributed by atoms with E-state index in [4.69, 9.17) is 16.6 Å². The van der Waals surface area contributed by atoms with E-state index in [0.717, 1.165) is 0 Å². The zero-order chi connectivity index (χ0) is 12.6. The van der Waals surface area contributed by atoms with Crippen molar-refractivity contribution >= 4 is 11.8 Å². The Morgan fingerprint density at radius 2 is 2.19 bits per heavy atom. The van der Waals surface area contributed by atoms with Gasteiger partial charge >= 0.3 is 5.97 Å². The molecule has 0 amide bonds. The monoisotopic (exact) mass is 231 g/mol. The number of alkyl halides is 1. The Hall–Kier alpha value is -1.43. The van der Waals surface area contributed by atoms with Gasteiger partial charge in [-0.05, 0) is 19.8 Å². The molecule has 0 heterocycles. The average molecular weight is 231 g/mol. The maximum atomic E-state index is 12.4. The quantitative estimate of drug-likeness (QED) is 0.256. The molecule has 0 aromatic carbocycles. The van der Waals surface area contributed by atoms with Gasteiger partial charge in [-0.15, -0.1) is 0 Å². The van der Waals surface area contributed by atoms with Gasteiger partial charge in [0.1, 0.15) is 12.2 Å². The normalized spacial score (nSPS) is 16.3. The van der Waals surface area contributed by atoms with E-state index in [1.165, 1.54) is 0 Å². The summed E-state index contributed by atoms with van der Waals surface area (Å²) in [6.07, 6.45) is 3.85. The molecule has 6 heteroatoms. The zero-order valence-corrected chi connectivity index (χ0v) is 9.32. The van der Waals surface area contributed by atoms with Crippen LogP contribution >= 0.6 is 0 Å². The van der Waals surface area contributed by atoms with Gasteiger partial charge in [-0.2, -0.15) is 0 Å². The van der Waals surface area contributed by atoms with Crippen LogP contribution in [0.4, 0.5) is 4.39 Å². The van der Waals surface area contributed by atoms with Crippen LogP contribution in [0.2, 0.25) is 0 Å². The van der Waals surface area contributed by atoms with Crippen LogP contribution in [0.1, 0.15) is 19.8 Å². The summed E-state index contributed by atoms with van der Waals surface area (Å²) in [5.74, 6) is -0.841. The molecule has 92 valence electrons. The topological polar surface area (TPSA) is 102 Å². The van der Waals surface area contributed by atoms with Crippen molar-refractivity contribution in [3.05, 3.63) is 12.2 Å². The number of hydrogen-bond donors (Lipinski definition) is 3. The molecule has 0 saturated heterocycles. The average Bonchev–Trinajstić information content (AvgIpc) is 2.22. The van der Waals surface area contributed by atoms with Gasteiger partial charge in [-0.3, -0.25) is 9.79 Å². The fourth-order valence-corrected chi connectivity index (χ4v) is 0.926. The number of halogens is 1. The molecule has 0 bridgehead atoms. The summed E-state index contributed by atoms with van der Waals surface area (Å²) in [5.41, 5.74) is 8.83. The van der Waals surface area contributed by atoms with Crippen molar-refractivity contribution in [3.8, 4) is 0 Å². The molecule has 0 aliphatic carbocycles. The molecule has 0 aliphatic rings. The number of aliphatic imine (C=N–C) groups is 1. The zero-order valence-electron chi connectivity index (χ0n) is 9.32. The van der Waals surface area contributed by atoms with Crippen molar-refractivity contribution in [1.29, 1.82) is 0 Å². The lowest BCUT2D eigenvalue weighted by atomic mass is 9.98. The Morgan fingerprint density at radius 3 is 2.62 bits per heavy atom. The molecular weight excluding hydrogens is 213 g/mol. The number of carboxylic acids is 1. The molecule has 5 nitrogen and oxygen atoms in total. The number of hydrogen-bond acceptors (Lipinski definition) is 3. The van der Waals surface area contributed by atoms with Gasteiger partial charge < -0.3 is 16.6 Å². The minimum atomic E-state index is -1.82. The van der Waals surface area contributed by atoms with Gasteiger partial charge in [0.05, 0.1) is 5.84 Å². The third kappa shape index (κ3) is 5.45. The molecule has 0 saturated carbocycles. The van der Waals surface area contributed by atoms with Gasteiger partial charge in [0.15, 0.2) is 0 Å². The van der Waals surface area contributed by atoms with Crippen molar-refractivity contribution in [2.45, 2.75) is 25.3 Å². The third-order valence-electron chi connectivity index (χ3n) is 1.97. The summed E-state index contributed by atoms with van der Waals surface area (Å²) >= 11 is 0. The van der Waals surface area contributed by atoms with Crippen LogP contribution in [0.15, 0.2) is 17.1 Å². The lowest BCUT2D eigenvalue weighted by Gasteiger charge is -2.18. The van der Waals surface area contributed by atoms with E-state index >= 15 is 0 Å². The fraction of sp³-hybridized carbons (Fsp3) is 0.600. The van der Waals surface area contributed by atoms with Crippen LogP contribution in [-0.2, 0) is 4.79 Å². The predicted octanol–water partition coefficient (Wildman–Crippen LogP) is 0.452. The number of nitrogens with zero attached hydrogens (tertiary/aromatic N) is 1. The Morgan fingerprint density at radius 1 is 1.56 bits per heavy atom. The molecule has 0 fully saturated rings. The standard InChI is InChI=1S/C10H18FN3O2/c1-8(12)14-6-4-2-3-5-10(13,7-11)9(15)16/h2-3H,4-7,13H2,1H3,(H2,12,14)(H,15,16)/t10-/m1/s1. The summed E-state index contributed by atoms with van der Waals surface area (Å²) < 4.78 is 12.4. The molecule has 0 aromatic heterocycles. The smallest absolute Gasteiger partial charge is 0.326 e. The van der Waals surface area contributed by atoms with Gasteiger partial charge in [0.2, 0.25) is 0 Å². The molecule has 1 atom stereocenters. The lowest BCUT2D eigenvalue weighted by Crippen LogP contribution is -2.49. The second-order valence-corrected chi connectivity index (χ2v) is 3.58. The Balaban J connectivity index is 3.99. The minimum absolute atomic E-state index is 0.0375. The first-order chi connectivity index (χ1) is 7.42. The van der Waals surface area contributed by atoms with Crippen molar-refractivity contribution in [2.24, 2.45) is 16.5 Å². The van der Waals surface area contributed by atoms with Crippen molar-refractivity contribution in [1.82, 2.24) is 0 Å². The van der Waals surface area contributed by atoms with Crippen LogP contribution in [0.3, 0.4) is 0 Å². The van der Waals surface area contributed by atoms with Crippen LogP contribution in [0.5, 0.6) is 0 Å².